The van der Waals surface area contributed by atoms with E-state index in [4.69, 9.17) is 10.5 Å². The van der Waals surface area contributed by atoms with Gasteiger partial charge in [-0.05, 0) is 44.6 Å². The highest BCUT2D eigenvalue weighted by atomic mass is 16.5. The number of ether oxygens (including phenoxy) is 1. The van der Waals surface area contributed by atoms with Crippen LogP contribution in [0.1, 0.15) is 43.2 Å². The third-order valence-electron chi connectivity index (χ3n) is 4.39. The Hall–Kier alpha value is -0.900. The number of hydrogen-bond acceptors (Lipinski definition) is 3. The van der Waals surface area contributed by atoms with Crippen molar-refractivity contribution in [2.75, 3.05) is 13.2 Å². The molecule has 0 saturated heterocycles. The highest BCUT2D eigenvalue weighted by Crippen LogP contribution is 2.36. The molecule has 0 aliphatic heterocycles. The van der Waals surface area contributed by atoms with Crippen LogP contribution in [0.5, 0.6) is 0 Å². The minimum Gasteiger partial charge on any atom is -0.392 e. The molecule has 0 spiro atoms. The van der Waals surface area contributed by atoms with Gasteiger partial charge in [0, 0.05) is 19.1 Å². The van der Waals surface area contributed by atoms with Gasteiger partial charge in [-0.25, -0.2) is 0 Å². The summed E-state index contributed by atoms with van der Waals surface area (Å²) < 4.78 is 5.57. The van der Waals surface area contributed by atoms with E-state index < -0.39 is 0 Å². The van der Waals surface area contributed by atoms with Gasteiger partial charge in [0.25, 0.3) is 0 Å². The Morgan fingerprint density at radius 1 is 1.30 bits per heavy atom. The second kappa shape index (κ2) is 7.21. The Bertz CT molecular complexity index is 398. The van der Waals surface area contributed by atoms with Crippen molar-refractivity contribution in [3.05, 3.63) is 35.4 Å². The molecule has 0 heterocycles. The molecule has 3 N–H and O–H groups in total. The normalized spacial score (nSPS) is 25.0. The Balaban J connectivity index is 1.86. The van der Waals surface area contributed by atoms with Crippen LogP contribution in [0.3, 0.4) is 0 Å². The first-order valence-electron chi connectivity index (χ1n) is 7.70. The zero-order chi connectivity index (χ0) is 14.5. The molecule has 1 aliphatic carbocycles. The predicted octanol–water partition coefficient (Wildman–Crippen LogP) is 2.60. The van der Waals surface area contributed by atoms with Crippen LogP contribution in [0.2, 0.25) is 0 Å². The van der Waals surface area contributed by atoms with Gasteiger partial charge in [0.15, 0.2) is 0 Å². The fourth-order valence-corrected chi connectivity index (χ4v) is 3.07. The number of aryl methyl sites for hydroxylation is 1. The molecular weight excluding hydrogens is 250 g/mol. The molecule has 1 aliphatic rings. The Morgan fingerprint density at radius 2 is 1.95 bits per heavy atom. The van der Waals surface area contributed by atoms with Crippen molar-refractivity contribution in [2.45, 2.75) is 51.2 Å². The van der Waals surface area contributed by atoms with E-state index in [0.717, 1.165) is 31.4 Å². The van der Waals surface area contributed by atoms with Crippen molar-refractivity contribution in [3.8, 4) is 0 Å². The van der Waals surface area contributed by atoms with Crippen LogP contribution in [0.25, 0.3) is 0 Å². The summed E-state index contributed by atoms with van der Waals surface area (Å²) in [4.78, 5) is 0. The summed E-state index contributed by atoms with van der Waals surface area (Å²) in [6, 6.07) is 8.33. The maximum absolute atomic E-state index is 10.5. The van der Waals surface area contributed by atoms with Crippen molar-refractivity contribution in [3.63, 3.8) is 0 Å². The lowest BCUT2D eigenvalue weighted by molar-refractivity contribution is -0.0398. The van der Waals surface area contributed by atoms with Gasteiger partial charge in [-0.2, -0.15) is 0 Å². The molecule has 2 rings (SSSR count). The van der Waals surface area contributed by atoms with Crippen LogP contribution in [-0.4, -0.2) is 30.5 Å². The summed E-state index contributed by atoms with van der Waals surface area (Å²) in [6.07, 6.45) is 3.05. The number of benzene rings is 1. The van der Waals surface area contributed by atoms with Gasteiger partial charge in [0.2, 0.25) is 0 Å². The zero-order valence-corrected chi connectivity index (χ0v) is 12.6. The minimum absolute atomic E-state index is 0.0433. The van der Waals surface area contributed by atoms with E-state index in [1.165, 1.54) is 5.56 Å². The van der Waals surface area contributed by atoms with Gasteiger partial charge in [-0.3, -0.25) is 0 Å². The molecule has 3 nitrogen and oxygen atoms in total. The summed E-state index contributed by atoms with van der Waals surface area (Å²) >= 11 is 0. The Morgan fingerprint density at radius 3 is 2.50 bits per heavy atom. The van der Waals surface area contributed by atoms with Crippen LogP contribution in [0.15, 0.2) is 24.3 Å². The molecular formula is C17H27NO2. The number of aliphatic hydroxyl groups excluding tert-OH is 1. The SMILES string of the molecule is CCOC1CC(CC(O)C(CN)c2ccc(C)cc2)C1. The zero-order valence-electron chi connectivity index (χ0n) is 12.6. The summed E-state index contributed by atoms with van der Waals surface area (Å²) in [6.45, 7) is 5.38. The molecule has 2 unspecified atom stereocenters. The van der Waals surface area contributed by atoms with Crippen molar-refractivity contribution >= 4 is 0 Å². The number of aliphatic hydroxyl groups is 1. The average molecular weight is 277 g/mol. The topological polar surface area (TPSA) is 55.5 Å². The summed E-state index contributed by atoms with van der Waals surface area (Å²) in [5.41, 5.74) is 8.25. The maximum Gasteiger partial charge on any atom is 0.0623 e. The first-order chi connectivity index (χ1) is 9.63. The Labute approximate surface area is 122 Å². The monoisotopic (exact) mass is 277 g/mol. The fraction of sp³-hybridized carbons (Fsp3) is 0.647. The Kier molecular flexibility index (Phi) is 5.58. The second-order valence-corrected chi connectivity index (χ2v) is 5.97. The van der Waals surface area contributed by atoms with E-state index in [0.29, 0.717) is 18.6 Å². The number of nitrogens with two attached hydrogens (primary N) is 1. The van der Waals surface area contributed by atoms with E-state index in [2.05, 4.69) is 31.2 Å². The molecule has 112 valence electrons. The molecule has 1 aromatic carbocycles. The van der Waals surface area contributed by atoms with E-state index >= 15 is 0 Å². The maximum atomic E-state index is 10.5. The van der Waals surface area contributed by atoms with Crippen molar-refractivity contribution < 1.29 is 9.84 Å². The van der Waals surface area contributed by atoms with Crippen LogP contribution >= 0.6 is 0 Å². The minimum atomic E-state index is -0.352. The lowest BCUT2D eigenvalue weighted by Gasteiger charge is -2.37. The molecule has 20 heavy (non-hydrogen) atoms. The van der Waals surface area contributed by atoms with Gasteiger partial charge in [-0.1, -0.05) is 29.8 Å². The van der Waals surface area contributed by atoms with E-state index in [-0.39, 0.29) is 12.0 Å². The predicted molar refractivity (Wildman–Crippen MR) is 81.7 cm³/mol. The smallest absolute Gasteiger partial charge is 0.0623 e. The second-order valence-electron chi connectivity index (χ2n) is 5.97. The molecule has 0 bridgehead atoms. The number of hydrogen-bond donors (Lipinski definition) is 2. The molecule has 1 saturated carbocycles. The lowest BCUT2D eigenvalue weighted by atomic mass is 9.76. The van der Waals surface area contributed by atoms with Gasteiger partial charge in [0.1, 0.15) is 0 Å². The largest absolute Gasteiger partial charge is 0.392 e. The summed E-state index contributed by atoms with van der Waals surface area (Å²) in [5.74, 6) is 0.628. The first-order valence-corrected chi connectivity index (χ1v) is 7.70. The first kappa shape index (κ1) is 15.5. The van der Waals surface area contributed by atoms with Gasteiger partial charge in [-0.15, -0.1) is 0 Å². The molecule has 0 radical (unpaired) electrons. The third-order valence-corrected chi connectivity index (χ3v) is 4.39. The molecule has 2 atom stereocenters. The van der Waals surface area contributed by atoms with E-state index in [9.17, 15) is 5.11 Å². The van der Waals surface area contributed by atoms with Crippen LogP contribution < -0.4 is 5.73 Å². The highest BCUT2D eigenvalue weighted by Gasteiger charge is 2.33. The fourth-order valence-electron chi connectivity index (χ4n) is 3.07. The van der Waals surface area contributed by atoms with E-state index in [1.54, 1.807) is 0 Å². The van der Waals surface area contributed by atoms with Gasteiger partial charge < -0.3 is 15.6 Å². The van der Waals surface area contributed by atoms with Crippen LogP contribution in [0.4, 0.5) is 0 Å². The van der Waals surface area contributed by atoms with Gasteiger partial charge >= 0.3 is 0 Å². The van der Waals surface area contributed by atoms with Crippen molar-refractivity contribution in [1.29, 1.82) is 0 Å². The molecule has 3 heteroatoms. The quantitative estimate of drug-likeness (QED) is 0.805. The number of rotatable bonds is 7. The lowest BCUT2D eigenvalue weighted by Crippen LogP contribution is -2.36. The van der Waals surface area contributed by atoms with Crippen molar-refractivity contribution in [1.82, 2.24) is 0 Å². The summed E-state index contributed by atoms with van der Waals surface area (Å²) in [5, 5.41) is 10.5. The summed E-state index contributed by atoms with van der Waals surface area (Å²) in [7, 11) is 0. The van der Waals surface area contributed by atoms with Crippen molar-refractivity contribution in [2.24, 2.45) is 11.7 Å². The standard InChI is InChI=1S/C17H27NO2/c1-3-20-15-8-13(9-15)10-17(19)16(11-18)14-6-4-12(2)5-7-14/h4-7,13,15-17,19H,3,8-11,18H2,1-2H3. The van der Waals surface area contributed by atoms with Crippen LogP contribution in [-0.2, 0) is 4.74 Å². The van der Waals surface area contributed by atoms with Crippen LogP contribution in [0, 0.1) is 12.8 Å². The molecule has 1 fully saturated rings. The highest BCUT2D eigenvalue weighted by molar-refractivity contribution is 5.25. The van der Waals surface area contributed by atoms with E-state index in [1.807, 2.05) is 6.92 Å². The van der Waals surface area contributed by atoms with Gasteiger partial charge in [0.05, 0.1) is 12.2 Å². The molecule has 1 aromatic rings. The molecule has 0 aromatic heterocycles. The third kappa shape index (κ3) is 3.81. The molecule has 0 amide bonds. The average Bonchev–Trinajstić information content (AvgIpc) is 2.39.